The molecule has 0 unspecified atom stereocenters. The second-order valence-corrected chi connectivity index (χ2v) is 4.02. The molecule has 1 aliphatic heterocycles. The van der Waals surface area contributed by atoms with E-state index in [1.54, 1.807) is 0 Å². The first kappa shape index (κ1) is 7.84. The van der Waals surface area contributed by atoms with Gasteiger partial charge in [0.15, 0.2) is 0 Å². The molecule has 12 heavy (non-hydrogen) atoms. The van der Waals surface area contributed by atoms with Crippen molar-refractivity contribution in [3.63, 3.8) is 0 Å². The lowest BCUT2D eigenvalue weighted by Crippen LogP contribution is -2.23. The molecule has 2 heteroatoms. The first-order chi connectivity index (χ1) is 5.68. The van der Waals surface area contributed by atoms with Crippen molar-refractivity contribution < 1.29 is 9.53 Å². The first-order valence-electron chi connectivity index (χ1n) is 4.59. The molecule has 0 spiro atoms. The highest BCUT2D eigenvalue weighted by Gasteiger charge is 2.42. The molecule has 66 valence electrons. The molecule has 0 aromatic heterocycles. The Labute approximate surface area is 72.6 Å². The average molecular weight is 166 g/mol. The molecule has 1 saturated heterocycles. The quantitative estimate of drug-likeness (QED) is 0.515. The van der Waals surface area contributed by atoms with Gasteiger partial charge in [0, 0.05) is 5.92 Å². The number of fused-ring (bicyclic) bond motifs is 1. The van der Waals surface area contributed by atoms with Crippen LogP contribution in [0, 0.1) is 17.8 Å². The topological polar surface area (TPSA) is 26.3 Å². The second-order valence-electron chi connectivity index (χ2n) is 4.02. The maximum Gasteiger partial charge on any atom is 0.314 e. The fourth-order valence-electron chi connectivity index (χ4n) is 2.30. The van der Waals surface area contributed by atoms with Crippen LogP contribution in [0.5, 0.6) is 0 Å². The van der Waals surface area contributed by atoms with Crippen LogP contribution < -0.4 is 0 Å². The first-order valence-corrected chi connectivity index (χ1v) is 4.59. The van der Waals surface area contributed by atoms with Crippen molar-refractivity contribution >= 4 is 5.97 Å². The average Bonchev–Trinajstić information content (AvgIpc) is 2.28. The van der Waals surface area contributed by atoms with Crippen LogP contribution in [0.25, 0.3) is 0 Å². The summed E-state index contributed by atoms with van der Waals surface area (Å²) in [5, 5.41) is 0. The summed E-state index contributed by atoms with van der Waals surface area (Å²) in [6, 6.07) is 0. The Bertz CT molecular complexity index is 232. The third-order valence-electron chi connectivity index (χ3n) is 3.06. The van der Waals surface area contributed by atoms with Gasteiger partial charge in [-0.25, -0.2) is 0 Å². The number of ether oxygens (including phenoxy) is 1. The summed E-state index contributed by atoms with van der Waals surface area (Å²) in [6.45, 7) is 6.01. The molecule has 1 heterocycles. The normalized spacial score (nSPS) is 40.9. The van der Waals surface area contributed by atoms with E-state index in [0.717, 1.165) is 25.2 Å². The Morgan fingerprint density at radius 3 is 2.92 bits per heavy atom. The van der Waals surface area contributed by atoms with Crippen molar-refractivity contribution in [2.45, 2.75) is 26.2 Å². The van der Waals surface area contributed by atoms with Crippen LogP contribution in [0.2, 0.25) is 0 Å². The van der Waals surface area contributed by atoms with Gasteiger partial charge in [-0.3, -0.25) is 4.79 Å². The lowest BCUT2D eigenvalue weighted by Gasteiger charge is -2.25. The molecule has 0 aromatic carbocycles. The number of hydrogen-bond acceptors (Lipinski definition) is 2. The van der Waals surface area contributed by atoms with Crippen LogP contribution in [0.4, 0.5) is 0 Å². The lowest BCUT2D eigenvalue weighted by atomic mass is 9.75. The van der Waals surface area contributed by atoms with Crippen LogP contribution in [0.1, 0.15) is 26.2 Å². The van der Waals surface area contributed by atoms with Gasteiger partial charge in [-0.05, 0) is 25.2 Å². The van der Waals surface area contributed by atoms with Crippen LogP contribution in [-0.2, 0) is 9.53 Å². The smallest absolute Gasteiger partial charge is 0.314 e. The Morgan fingerprint density at radius 1 is 1.42 bits per heavy atom. The maximum atomic E-state index is 11.2. The van der Waals surface area contributed by atoms with E-state index in [4.69, 9.17) is 4.74 Å². The summed E-state index contributed by atoms with van der Waals surface area (Å²) in [7, 11) is 0. The Morgan fingerprint density at radius 2 is 2.17 bits per heavy atom. The van der Waals surface area contributed by atoms with Gasteiger partial charge >= 0.3 is 5.97 Å². The number of esters is 1. The molecule has 0 bridgehead atoms. The van der Waals surface area contributed by atoms with E-state index < -0.39 is 0 Å². The Hall–Kier alpha value is -0.790. The minimum atomic E-state index is -0.0445. The molecule has 2 fully saturated rings. The molecule has 1 aliphatic carbocycles. The highest BCUT2D eigenvalue weighted by Crippen LogP contribution is 2.43. The van der Waals surface area contributed by atoms with Crippen molar-refractivity contribution in [2.24, 2.45) is 17.8 Å². The largest absolute Gasteiger partial charge is 0.431 e. The predicted octanol–water partition coefficient (Wildman–Crippen LogP) is 2.11. The number of hydrogen-bond donors (Lipinski definition) is 0. The minimum absolute atomic E-state index is 0.0445. The number of allylic oxidation sites excluding steroid dienone is 1. The van der Waals surface area contributed by atoms with Crippen LogP contribution in [0.15, 0.2) is 12.3 Å². The van der Waals surface area contributed by atoms with E-state index in [1.807, 2.05) is 0 Å². The molecule has 0 radical (unpaired) electrons. The van der Waals surface area contributed by atoms with Crippen LogP contribution in [0.3, 0.4) is 0 Å². The third kappa shape index (κ3) is 1.06. The maximum absolute atomic E-state index is 11.2. The number of cyclic esters (lactones) is 1. The summed E-state index contributed by atoms with van der Waals surface area (Å²) in [4.78, 5) is 11.2. The zero-order valence-electron chi connectivity index (χ0n) is 7.38. The van der Waals surface area contributed by atoms with Gasteiger partial charge < -0.3 is 4.74 Å². The zero-order valence-corrected chi connectivity index (χ0v) is 7.38. The van der Waals surface area contributed by atoms with Crippen molar-refractivity contribution in [1.29, 1.82) is 0 Å². The minimum Gasteiger partial charge on any atom is -0.431 e. The van der Waals surface area contributed by atoms with Crippen molar-refractivity contribution in [3.8, 4) is 0 Å². The molecule has 2 aliphatic rings. The van der Waals surface area contributed by atoms with E-state index >= 15 is 0 Å². The van der Waals surface area contributed by atoms with Crippen molar-refractivity contribution in [3.05, 3.63) is 12.3 Å². The predicted molar refractivity (Wildman–Crippen MR) is 45.2 cm³/mol. The van der Waals surface area contributed by atoms with Gasteiger partial charge in [-0.1, -0.05) is 13.5 Å². The molecule has 0 N–H and O–H groups in total. The summed E-state index contributed by atoms with van der Waals surface area (Å²) < 4.78 is 5.02. The van der Waals surface area contributed by atoms with Gasteiger partial charge in [0.2, 0.25) is 0 Å². The molecule has 0 aromatic rings. The number of rotatable bonds is 0. The monoisotopic (exact) mass is 166 g/mol. The lowest BCUT2D eigenvalue weighted by molar-refractivity contribution is -0.139. The van der Waals surface area contributed by atoms with E-state index in [1.165, 1.54) is 0 Å². The Kier molecular flexibility index (Phi) is 1.71. The SMILES string of the molecule is C=C1OC(=O)[C@H]2CC[C@H](C)C[C@@H]12. The van der Waals surface area contributed by atoms with Crippen molar-refractivity contribution in [1.82, 2.24) is 0 Å². The summed E-state index contributed by atoms with van der Waals surface area (Å²) >= 11 is 0. The van der Waals surface area contributed by atoms with Crippen LogP contribution in [-0.4, -0.2) is 5.97 Å². The van der Waals surface area contributed by atoms with E-state index in [9.17, 15) is 4.79 Å². The molecule has 0 amide bonds. The fraction of sp³-hybridized carbons (Fsp3) is 0.700. The van der Waals surface area contributed by atoms with Gasteiger partial charge in [-0.2, -0.15) is 0 Å². The highest BCUT2D eigenvalue weighted by molar-refractivity contribution is 5.77. The van der Waals surface area contributed by atoms with Gasteiger partial charge in [0.05, 0.1) is 5.92 Å². The summed E-state index contributed by atoms with van der Waals surface area (Å²) in [5.41, 5.74) is 0. The van der Waals surface area contributed by atoms with Gasteiger partial charge in [0.1, 0.15) is 5.76 Å². The molecule has 2 nitrogen and oxygen atoms in total. The van der Waals surface area contributed by atoms with Crippen LogP contribution >= 0.6 is 0 Å². The van der Waals surface area contributed by atoms with Crippen molar-refractivity contribution in [2.75, 3.05) is 0 Å². The number of carbonyl (C=O) groups is 1. The molecule has 3 atom stereocenters. The van der Waals surface area contributed by atoms with Gasteiger partial charge in [0.25, 0.3) is 0 Å². The highest BCUT2D eigenvalue weighted by atomic mass is 16.5. The molecular weight excluding hydrogens is 152 g/mol. The standard InChI is InChI=1S/C10H14O2/c1-6-3-4-8-9(5-6)7(2)12-10(8)11/h6,8-9H,2-5H2,1H3/t6-,8-,9-/m0/s1. The third-order valence-corrected chi connectivity index (χ3v) is 3.06. The van der Waals surface area contributed by atoms with E-state index in [-0.39, 0.29) is 11.9 Å². The van der Waals surface area contributed by atoms with E-state index in [2.05, 4.69) is 13.5 Å². The fourth-order valence-corrected chi connectivity index (χ4v) is 2.30. The Balaban J connectivity index is 2.17. The number of carbonyl (C=O) groups excluding carboxylic acids is 1. The zero-order chi connectivity index (χ0) is 8.72. The summed E-state index contributed by atoms with van der Waals surface area (Å²) in [6.07, 6.45) is 3.22. The molecule has 1 saturated carbocycles. The molecule has 2 rings (SSSR count). The second kappa shape index (κ2) is 2.61. The summed E-state index contributed by atoms with van der Waals surface area (Å²) in [5.74, 6) is 1.83. The van der Waals surface area contributed by atoms with Gasteiger partial charge in [-0.15, -0.1) is 0 Å². The molecular formula is C10H14O2. The van der Waals surface area contributed by atoms with E-state index in [0.29, 0.717) is 11.7 Å².